The van der Waals surface area contributed by atoms with Crippen molar-refractivity contribution in [2.24, 2.45) is 0 Å². The highest BCUT2D eigenvalue weighted by Gasteiger charge is 2.34. The fraction of sp³-hybridized carbons (Fsp3) is 0.625. The van der Waals surface area contributed by atoms with E-state index in [4.69, 9.17) is 9.47 Å². The first-order valence-corrected chi connectivity index (χ1v) is 7.39. The summed E-state index contributed by atoms with van der Waals surface area (Å²) in [7, 11) is 1.68. The number of aryl methyl sites for hydroxylation is 1. The number of fused-ring (bicyclic) bond motifs is 1. The Kier molecular flexibility index (Phi) is 3.96. The molecule has 1 aliphatic heterocycles. The van der Waals surface area contributed by atoms with E-state index < -0.39 is 6.10 Å². The van der Waals surface area contributed by atoms with Gasteiger partial charge in [0.2, 0.25) is 0 Å². The Balaban J connectivity index is 1.80. The van der Waals surface area contributed by atoms with E-state index in [1.165, 1.54) is 5.56 Å². The van der Waals surface area contributed by atoms with Crippen LogP contribution in [0.2, 0.25) is 0 Å². The lowest BCUT2D eigenvalue weighted by molar-refractivity contribution is -0.0624. The third-order valence-electron chi connectivity index (χ3n) is 4.48. The Morgan fingerprint density at radius 3 is 3.00 bits per heavy atom. The SMILES string of the molecule is COc1ccc2c(c1)CCC(N1CCOC(C)C1)C2O. The molecule has 0 spiro atoms. The molecule has 3 rings (SSSR count). The van der Waals surface area contributed by atoms with Crippen LogP contribution in [0.5, 0.6) is 5.75 Å². The second kappa shape index (κ2) is 5.72. The van der Waals surface area contributed by atoms with Crippen LogP contribution >= 0.6 is 0 Å². The first kappa shape index (κ1) is 13.9. The predicted octanol–water partition coefficient (Wildman–Crippen LogP) is 1.76. The first-order valence-electron chi connectivity index (χ1n) is 7.39. The average molecular weight is 277 g/mol. The van der Waals surface area contributed by atoms with Gasteiger partial charge in [-0.15, -0.1) is 0 Å². The molecule has 4 heteroatoms. The molecular weight excluding hydrogens is 254 g/mol. The first-order chi connectivity index (χ1) is 9.69. The molecule has 0 amide bonds. The molecule has 0 radical (unpaired) electrons. The number of hydrogen-bond donors (Lipinski definition) is 1. The molecule has 110 valence electrons. The van der Waals surface area contributed by atoms with Crippen molar-refractivity contribution in [3.05, 3.63) is 29.3 Å². The lowest BCUT2D eigenvalue weighted by atomic mass is 9.84. The highest BCUT2D eigenvalue weighted by atomic mass is 16.5. The van der Waals surface area contributed by atoms with Crippen LogP contribution in [0.15, 0.2) is 18.2 Å². The fourth-order valence-corrected chi connectivity index (χ4v) is 3.41. The average Bonchev–Trinajstić information content (AvgIpc) is 2.47. The Hall–Kier alpha value is -1.10. The Bertz CT molecular complexity index is 477. The molecule has 0 aromatic heterocycles. The van der Waals surface area contributed by atoms with Gasteiger partial charge < -0.3 is 14.6 Å². The van der Waals surface area contributed by atoms with Crippen molar-refractivity contribution in [1.29, 1.82) is 0 Å². The number of aliphatic hydroxyl groups excluding tert-OH is 1. The molecule has 1 saturated heterocycles. The number of rotatable bonds is 2. The van der Waals surface area contributed by atoms with Crippen LogP contribution in [-0.2, 0) is 11.2 Å². The molecule has 1 fully saturated rings. The maximum Gasteiger partial charge on any atom is 0.119 e. The Labute approximate surface area is 120 Å². The molecule has 0 bridgehead atoms. The maximum atomic E-state index is 10.7. The minimum absolute atomic E-state index is 0.210. The van der Waals surface area contributed by atoms with Gasteiger partial charge in [0.1, 0.15) is 5.75 Å². The summed E-state index contributed by atoms with van der Waals surface area (Å²) in [6.07, 6.45) is 1.84. The van der Waals surface area contributed by atoms with Gasteiger partial charge in [0.25, 0.3) is 0 Å². The van der Waals surface area contributed by atoms with E-state index in [1.54, 1.807) is 7.11 Å². The third-order valence-corrected chi connectivity index (χ3v) is 4.48. The predicted molar refractivity (Wildman–Crippen MR) is 77.0 cm³/mol. The van der Waals surface area contributed by atoms with Crippen LogP contribution in [-0.4, -0.2) is 49.0 Å². The summed E-state index contributed by atoms with van der Waals surface area (Å²) < 4.78 is 10.9. The van der Waals surface area contributed by atoms with Gasteiger partial charge in [-0.3, -0.25) is 4.90 Å². The lowest BCUT2D eigenvalue weighted by Gasteiger charge is -2.42. The summed E-state index contributed by atoms with van der Waals surface area (Å²) in [6, 6.07) is 6.21. The zero-order chi connectivity index (χ0) is 14.1. The monoisotopic (exact) mass is 277 g/mol. The topological polar surface area (TPSA) is 41.9 Å². The summed E-state index contributed by atoms with van der Waals surface area (Å²) in [6.45, 7) is 4.69. The van der Waals surface area contributed by atoms with Crippen molar-refractivity contribution < 1.29 is 14.6 Å². The number of methoxy groups -OCH3 is 1. The summed E-state index contributed by atoms with van der Waals surface area (Å²) in [5.74, 6) is 0.870. The van der Waals surface area contributed by atoms with E-state index in [-0.39, 0.29) is 12.1 Å². The molecule has 4 nitrogen and oxygen atoms in total. The molecule has 0 saturated carbocycles. The molecule has 1 heterocycles. The normalized spacial score (nSPS) is 30.9. The number of benzene rings is 1. The van der Waals surface area contributed by atoms with E-state index in [0.29, 0.717) is 0 Å². The van der Waals surface area contributed by atoms with Crippen molar-refractivity contribution in [2.45, 2.75) is 38.0 Å². The number of nitrogens with zero attached hydrogens (tertiary/aromatic N) is 1. The zero-order valence-corrected chi connectivity index (χ0v) is 12.2. The highest BCUT2D eigenvalue weighted by molar-refractivity contribution is 5.39. The third kappa shape index (κ3) is 2.55. The Morgan fingerprint density at radius 1 is 1.40 bits per heavy atom. The maximum absolute atomic E-state index is 10.7. The minimum atomic E-state index is -0.407. The molecule has 1 aliphatic carbocycles. The van der Waals surface area contributed by atoms with Gasteiger partial charge in [0.05, 0.1) is 25.9 Å². The molecule has 2 aliphatic rings. The fourth-order valence-electron chi connectivity index (χ4n) is 3.41. The highest BCUT2D eigenvalue weighted by Crippen LogP contribution is 2.35. The van der Waals surface area contributed by atoms with E-state index in [0.717, 1.165) is 43.9 Å². The largest absolute Gasteiger partial charge is 0.497 e. The van der Waals surface area contributed by atoms with E-state index in [1.807, 2.05) is 12.1 Å². The quantitative estimate of drug-likeness (QED) is 0.894. The van der Waals surface area contributed by atoms with Gasteiger partial charge in [-0.1, -0.05) is 6.07 Å². The van der Waals surface area contributed by atoms with Crippen LogP contribution in [0.25, 0.3) is 0 Å². The number of aliphatic hydroxyl groups is 1. The van der Waals surface area contributed by atoms with Gasteiger partial charge >= 0.3 is 0 Å². The van der Waals surface area contributed by atoms with E-state index >= 15 is 0 Å². The van der Waals surface area contributed by atoms with Crippen LogP contribution in [0.3, 0.4) is 0 Å². The van der Waals surface area contributed by atoms with Gasteiger partial charge in [-0.2, -0.15) is 0 Å². The number of morpholine rings is 1. The zero-order valence-electron chi connectivity index (χ0n) is 12.2. The number of ether oxygens (including phenoxy) is 2. The molecule has 3 unspecified atom stereocenters. The molecule has 3 atom stereocenters. The molecule has 1 aromatic carbocycles. The van der Waals surface area contributed by atoms with Gasteiger partial charge in [-0.05, 0) is 43.0 Å². The van der Waals surface area contributed by atoms with Crippen molar-refractivity contribution in [3.8, 4) is 5.75 Å². The van der Waals surface area contributed by atoms with Gasteiger partial charge in [0.15, 0.2) is 0 Å². The molecular formula is C16H23NO3. The van der Waals surface area contributed by atoms with Gasteiger partial charge in [-0.25, -0.2) is 0 Å². The second-order valence-corrected chi connectivity index (χ2v) is 5.79. The second-order valence-electron chi connectivity index (χ2n) is 5.79. The van der Waals surface area contributed by atoms with Crippen molar-refractivity contribution in [1.82, 2.24) is 4.90 Å². The smallest absolute Gasteiger partial charge is 0.119 e. The van der Waals surface area contributed by atoms with Crippen LogP contribution < -0.4 is 4.74 Å². The van der Waals surface area contributed by atoms with Crippen LogP contribution in [0.4, 0.5) is 0 Å². The van der Waals surface area contributed by atoms with Crippen LogP contribution in [0, 0.1) is 0 Å². The van der Waals surface area contributed by atoms with Gasteiger partial charge in [0, 0.05) is 19.1 Å². The van der Waals surface area contributed by atoms with Crippen LogP contribution in [0.1, 0.15) is 30.6 Å². The minimum Gasteiger partial charge on any atom is -0.497 e. The van der Waals surface area contributed by atoms with Crippen molar-refractivity contribution >= 4 is 0 Å². The summed E-state index contributed by atoms with van der Waals surface area (Å²) >= 11 is 0. The molecule has 1 N–H and O–H groups in total. The van der Waals surface area contributed by atoms with E-state index in [2.05, 4.69) is 17.9 Å². The summed E-state index contributed by atoms with van der Waals surface area (Å²) in [5, 5.41) is 10.7. The Morgan fingerprint density at radius 2 is 2.25 bits per heavy atom. The standard InChI is InChI=1S/C16H23NO3/c1-11-10-17(7-8-20-11)15-6-3-12-9-13(19-2)4-5-14(12)16(15)18/h4-5,9,11,15-16,18H,3,6-8,10H2,1-2H3. The lowest BCUT2D eigenvalue weighted by Crippen LogP contribution is -2.50. The number of hydrogen-bond acceptors (Lipinski definition) is 4. The van der Waals surface area contributed by atoms with Crippen molar-refractivity contribution in [3.63, 3.8) is 0 Å². The van der Waals surface area contributed by atoms with Crippen molar-refractivity contribution in [2.75, 3.05) is 26.8 Å². The summed E-state index contributed by atoms with van der Waals surface area (Å²) in [4.78, 5) is 2.38. The molecule has 1 aromatic rings. The van der Waals surface area contributed by atoms with E-state index in [9.17, 15) is 5.11 Å². The molecule has 20 heavy (non-hydrogen) atoms. The summed E-state index contributed by atoms with van der Waals surface area (Å²) in [5.41, 5.74) is 2.27.